The molecule has 0 unspecified atom stereocenters. The first-order valence-corrected chi connectivity index (χ1v) is 2.73. The van der Waals surface area contributed by atoms with Crippen LogP contribution in [0.25, 0.3) is 0 Å². The first-order chi connectivity index (χ1) is 4.70. The molecule has 0 saturated carbocycles. The van der Waals surface area contributed by atoms with Gasteiger partial charge in [0, 0.05) is 6.08 Å². The average molecular weight is 141 g/mol. The van der Waals surface area contributed by atoms with Crippen molar-refractivity contribution in [1.82, 2.24) is 10.6 Å². The molecule has 0 radical (unpaired) electrons. The third-order valence-corrected chi connectivity index (χ3v) is 1.08. The van der Waals surface area contributed by atoms with Gasteiger partial charge in [-0.25, -0.2) is 0 Å². The van der Waals surface area contributed by atoms with Crippen molar-refractivity contribution < 1.29 is 9.59 Å². The van der Waals surface area contributed by atoms with Gasteiger partial charge < -0.3 is 16.4 Å². The van der Waals surface area contributed by atoms with Crippen LogP contribution in [0.3, 0.4) is 0 Å². The molecule has 0 bridgehead atoms. The van der Waals surface area contributed by atoms with E-state index >= 15 is 0 Å². The highest BCUT2D eigenvalue weighted by Crippen LogP contribution is 1.89. The second kappa shape index (κ2) is 2.38. The second-order valence-electron chi connectivity index (χ2n) is 1.82. The van der Waals surface area contributed by atoms with Crippen LogP contribution >= 0.6 is 0 Å². The molecule has 0 aromatic rings. The summed E-state index contributed by atoms with van der Waals surface area (Å²) >= 11 is 0. The van der Waals surface area contributed by atoms with Crippen molar-refractivity contribution >= 4 is 11.8 Å². The van der Waals surface area contributed by atoms with E-state index in [4.69, 9.17) is 5.73 Å². The van der Waals surface area contributed by atoms with E-state index in [9.17, 15) is 9.59 Å². The fourth-order valence-electron chi connectivity index (χ4n) is 0.618. The Morgan fingerprint density at radius 2 is 2.30 bits per heavy atom. The molecule has 0 saturated heterocycles. The summed E-state index contributed by atoms with van der Waals surface area (Å²) in [6.07, 6.45) is 1.13. The smallest absolute Gasteiger partial charge is 0.265 e. The lowest BCUT2D eigenvalue weighted by Crippen LogP contribution is -2.41. The van der Waals surface area contributed by atoms with E-state index in [0.29, 0.717) is 0 Å². The van der Waals surface area contributed by atoms with Gasteiger partial charge in [0.15, 0.2) is 0 Å². The van der Waals surface area contributed by atoms with Crippen LogP contribution in [-0.4, -0.2) is 18.5 Å². The molecule has 5 nitrogen and oxygen atoms in total. The minimum absolute atomic E-state index is 0.156. The van der Waals surface area contributed by atoms with Crippen LogP contribution in [0, 0.1) is 0 Å². The molecular weight excluding hydrogens is 134 g/mol. The van der Waals surface area contributed by atoms with E-state index in [1.165, 1.54) is 0 Å². The van der Waals surface area contributed by atoms with Crippen molar-refractivity contribution in [1.29, 1.82) is 0 Å². The van der Waals surface area contributed by atoms with Crippen LogP contribution < -0.4 is 16.4 Å². The summed E-state index contributed by atoms with van der Waals surface area (Å²) in [5.74, 6) is -0.914. The Bertz CT molecular complexity index is 209. The van der Waals surface area contributed by atoms with Crippen LogP contribution in [0.2, 0.25) is 0 Å². The van der Waals surface area contributed by atoms with Gasteiger partial charge in [0.1, 0.15) is 5.70 Å². The van der Waals surface area contributed by atoms with Gasteiger partial charge in [-0.05, 0) is 0 Å². The van der Waals surface area contributed by atoms with E-state index in [1.807, 2.05) is 0 Å². The summed E-state index contributed by atoms with van der Waals surface area (Å²) < 4.78 is 0. The Morgan fingerprint density at radius 1 is 1.60 bits per heavy atom. The minimum Gasteiger partial charge on any atom is -0.364 e. The quantitative estimate of drug-likeness (QED) is 0.396. The van der Waals surface area contributed by atoms with Crippen LogP contribution in [0.1, 0.15) is 0 Å². The molecule has 1 heterocycles. The third-order valence-electron chi connectivity index (χ3n) is 1.08. The molecule has 0 atom stereocenters. The number of hydrogen-bond donors (Lipinski definition) is 3. The number of nitrogens with one attached hydrogen (secondary N) is 2. The van der Waals surface area contributed by atoms with Gasteiger partial charge in [0.25, 0.3) is 5.91 Å². The number of primary amides is 1. The van der Waals surface area contributed by atoms with E-state index in [1.54, 1.807) is 0 Å². The molecule has 0 aliphatic carbocycles. The first-order valence-electron chi connectivity index (χ1n) is 2.73. The number of rotatable bonds is 1. The maximum atomic E-state index is 10.5. The Balaban J connectivity index is 2.75. The average Bonchev–Trinajstić information content (AvgIpc) is 1.88. The summed E-state index contributed by atoms with van der Waals surface area (Å²) in [6, 6.07) is 0. The predicted octanol–water partition coefficient (Wildman–Crippen LogP) is -1.97. The van der Waals surface area contributed by atoms with Gasteiger partial charge in [0.05, 0.1) is 6.67 Å². The summed E-state index contributed by atoms with van der Waals surface area (Å²) in [7, 11) is 0. The molecule has 0 aromatic carbocycles. The van der Waals surface area contributed by atoms with Crippen LogP contribution in [0.5, 0.6) is 0 Å². The molecule has 5 heteroatoms. The van der Waals surface area contributed by atoms with Crippen LogP contribution in [0.4, 0.5) is 0 Å². The lowest BCUT2D eigenvalue weighted by atomic mass is 10.3. The van der Waals surface area contributed by atoms with E-state index in [-0.39, 0.29) is 18.3 Å². The van der Waals surface area contributed by atoms with Gasteiger partial charge in [-0.1, -0.05) is 0 Å². The number of carbonyl (C=O) groups is 2. The van der Waals surface area contributed by atoms with Crippen LogP contribution in [-0.2, 0) is 9.59 Å². The normalized spacial score (nSPS) is 16.8. The minimum atomic E-state index is -0.616. The topological polar surface area (TPSA) is 84.2 Å². The highest BCUT2D eigenvalue weighted by Gasteiger charge is 2.10. The summed E-state index contributed by atoms with van der Waals surface area (Å²) in [5, 5.41) is 5.04. The molecule has 1 aliphatic heterocycles. The standard InChI is InChI=1S/C5H7N3O2/c6-5(10)3-1-4(9)8-2-7-3/h1,7H,2H2,(H2,6,10)(H,8,9). The Labute approximate surface area is 57.3 Å². The predicted molar refractivity (Wildman–Crippen MR) is 33.4 cm³/mol. The van der Waals surface area contributed by atoms with Gasteiger partial charge in [-0.3, -0.25) is 9.59 Å². The number of nitrogens with two attached hydrogens (primary N) is 1. The summed E-state index contributed by atoms with van der Waals surface area (Å²) in [6.45, 7) is 0.258. The summed E-state index contributed by atoms with van der Waals surface area (Å²) in [4.78, 5) is 21.0. The Kier molecular flexibility index (Phi) is 1.57. The van der Waals surface area contributed by atoms with Gasteiger partial charge in [-0.2, -0.15) is 0 Å². The molecule has 1 rings (SSSR count). The number of amides is 2. The molecule has 10 heavy (non-hydrogen) atoms. The van der Waals surface area contributed by atoms with E-state index in [2.05, 4.69) is 10.6 Å². The molecule has 0 spiro atoms. The zero-order chi connectivity index (χ0) is 7.56. The van der Waals surface area contributed by atoms with Gasteiger partial charge in [0.2, 0.25) is 5.91 Å². The Morgan fingerprint density at radius 3 is 2.70 bits per heavy atom. The monoisotopic (exact) mass is 141 g/mol. The SMILES string of the molecule is NC(=O)C1=CC(=O)NCN1. The molecule has 2 amide bonds. The van der Waals surface area contributed by atoms with Crippen molar-refractivity contribution in [2.45, 2.75) is 0 Å². The maximum absolute atomic E-state index is 10.5. The second-order valence-corrected chi connectivity index (χ2v) is 1.82. The van der Waals surface area contributed by atoms with Gasteiger partial charge in [-0.15, -0.1) is 0 Å². The third kappa shape index (κ3) is 1.25. The van der Waals surface area contributed by atoms with E-state index in [0.717, 1.165) is 6.08 Å². The zero-order valence-corrected chi connectivity index (χ0v) is 5.18. The van der Waals surface area contributed by atoms with Crippen molar-refractivity contribution in [2.75, 3.05) is 6.67 Å². The largest absolute Gasteiger partial charge is 0.364 e. The van der Waals surface area contributed by atoms with Crippen LogP contribution in [0.15, 0.2) is 11.8 Å². The van der Waals surface area contributed by atoms with E-state index < -0.39 is 5.91 Å². The highest BCUT2D eigenvalue weighted by molar-refractivity contribution is 6.00. The van der Waals surface area contributed by atoms with Gasteiger partial charge >= 0.3 is 0 Å². The maximum Gasteiger partial charge on any atom is 0.265 e. The number of hydrogen-bond acceptors (Lipinski definition) is 3. The molecular formula is C5H7N3O2. The molecule has 4 N–H and O–H groups in total. The van der Waals surface area contributed by atoms with Crippen molar-refractivity contribution in [3.8, 4) is 0 Å². The molecule has 54 valence electrons. The van der Waals surface area contributed by atoms with Crippen molar-refractivity contribution in [3.63, 3.8) is 0 Å². The fourth-order valence-corrected chi connectivity index (χ4v) is 0.618. The number of carbonyl (C=O) groups excluding carboxylic acids is 2. The first kappa shape index (κ1) is 6.60. The molecule has 1 aliphatic rings. The Hall–Kier alpha value is -1.52. The lowest BCUT2D eigenvalue weighted by molar-refractivity contribution is -0.119. The highest BCUT2D eigenvalue weighted by atomic mass is 16.2. The van der Waals surface area contributed by atoms with Crippen molar-refractivity contribution in [2.24, 2.45) is 5.73 Å². The fraction of sp³-hybridized carbons (Fsp3) is 0.200. The summed E-state index contributed by atoms with van der Waals surface area (Å²) in [5.41, 5.74) is 5.04. The molecule has 0 fully saturated rings. The molecule has 0 aromatic heterocycles. The van der Waals surface area contributed by atoms with Crippen molar-refractivity contribution in [3.05, 3.63) is 11.8 Å². The lowest BCUT2D eigenvalue weighted by Gasteiger charge is -2.12. The zero-order valence-electron chi connectivity index (χ0n) is 5.18.